The van der Waals surface area contributed by atoms with Crippen molar-refractivity contribution in [2.45, 2.75) is 19.9 Å². The van der Waals surface area contributed by atoms with Gasteiger partial charge in [-0.25, -0.2) is 14.4 Å². The first kappa shape index (κ1) is 12.8. The first-order valence-electron chi connectivity index (χ1n) is 5.58. The molecule has 1 N–H and O–H groups in total. The summed E-state index contributed by atoms with van der Waals surface area (Å²) in [4.78, 5) is 8.02. The summed E-state index contributed by atoms with van der Waals surface area (Å²) in [6.45, 7) is 3.69. The number of aromatic nitrogens is 2. The molecule has 0 fully saturated rings. The molecule has 0 spiro atoms. The number of hydrogen-bond donors (Lipinski definition) is 1. The van der Waals surface area contributed by atoms with Crippen LogP contribution in [0, 0.1) is 12.7 Å². The summed E-state index contributed by atoms with van der Waals surface area (Å²) in [7, 11) is 0. The summed E-state index contributed by atoms with van der Waals surface area (Å²) in [6.07, 6.45) is 0. The van der Waals surface area contributed by atoms with E-state index < -0.39 is 0 Å². The summed E-state index contributed by atoms with van der Waals surface area (Å²) >= 11 is 5.77. The number of aryl methyl sites for hydroxylation is 1. The van der Waals surface area contributed by atoms with Crippen LogP contribution in [0.1, 0.15) is 24.2 Å². The van der Waals surface area contributed by atoms with Gasteiger partial charge in [-0.3, -0.25) is 0 Å². The van der Waals surface area contributed by atoms with Crippen LogP contribution in [0.15, 0.2) is 30.3 Å². The number of anilines is 1. The van der Waals surface area contributed by atoms with Crippen molar-refractivity contribution in [2.24, 2.45) is 0 Å². The van der Waals surface area contributed by atoms with E-state index in [0.29, 0.717) is 11.4 Å². The third-order valence-corrected chi connectivity index (χ3v) is 2.73. The van der Waals surface area contributed by atoms with Gasteiger partial charge in [-0.1, -0.05) is 18.2 Å². The zero-order valence-electron chi connectivity index (χ0n) is 10.1. The molecule has 0 bridgehead atoms. The second kappa shape index (κ2) is 5.31. The second-order valence-electron chi connectivity index (χ2n) is 4.05. The fraction of sp³-hybridized carbons (Fsp3) is 0.231. The van der Waals surface area contributed by atoms with Crippen molar-refractivity contribution in [3.05, 3.63) is 52.7 Å². The molecule has 0 radical (unpaired) electrons. The normalized spacial score (nSPS) is 12.2. The number of nitrogens with zero attached hydrogens (tertiary/aromatic N) is 2. The van der Waals surface area contributed by atoms with Crippen molar-refractivity contribution in [3.63, 3.8) is 0 Å². The first-order valence-corrected chi connectivity index (χ1v) is 5.96. The van der Waals surface area contributed by atoms with E-state index in [-0.39, 0.29) is 17.1 Å². The SMILES string of the molecule is Cc1cc(NC(C)c2ccccc2F)nc(Cl)n1. The fourth-order valence-corrected chi connectivity index (χ4v) is 1.96. The number of nitrogens with one attached hydrogen (secondary N) is 1. The van der Waals surface area contributed by atoms with Crippen molar-refractivity contribution < 1.29 is 4.39 Å². The summed E-state index contributed by atoms with van der Waals surface area (Å²) in [5, 5.41) is 3.28. The molecule has 1 aromatic heterocycles. The molecule has 0 saturated carbocycles. The highest BCUT2D eigenvalue weighted by atomic mass is 35.5. The molecule has 5 heteroatoms. The average Bonchev–Trinajstić information content (AvgIpc) is 2.27. The highest BCUT2D eigenvalue weighted by Gasteiger charge is 2.11. The topological polar surface area (TPSA) is 37.8 Å². The third kappa shape index (κ3) is 2.96. The van der Waals surface area contributed by atoms with Crippen LogP contribution in [0.2, 0.25) is 5.28 Å². The molecule has 2 aromatic rings. The zero-order chi connectivity index (χ0) is 13.1. The largest absolute Gasteiger partial charge is 0.363 e. The van der Waals surface area contributed by atoms with Crippen molar-refractivity contribution in [3.8, 4) is 0 Å². The van der Waals surface area contributed by atoms with E-state index >= 15 is 0 Å². The molecule has 94 valence electrons. The van der Waals surface area contributed by atoms with Crippen molar-refractivity contribution in [1.82, 2.24) is 9.97 Å². The summed E-state index contributed by atoms with van der Waals surface area (Å²) in [6, 6.07) is 8.21. The van der Waals surface area contributed by atoms with Crippen LogP contribution in [-0.4, -0.2) is 9.97 Å². The van der Waals surface area contributed by atoms with E-state index in [0.717, 1.165) is 5.69 Å². The van der Waals surface area contributed by atoms with E-state index in [1.807, 2.05) is 13.8 Å². The van der Waals surface area contributed by atoms with E-state index in [1.165, 1.54) is 6.07 Å². The Morgan fingerprint density at radius 3 is 2.67 bits per heavy atom. The van der Waals surface area contributed by atoms with Gasteiger partial charge >= 0.3 is 0 Å². The van der Waals surface area contributed by atoms with Gasteiger partial charge in [0.1, 0.15) is 11.6 Å². The molecule has 0 saturated heterocycles. The van der Waals surface area contributed by atoms with Crippen LogP contribution in [-0.2, 0) is 0 Å². The van der Waals surface area contributed by atoms with Gasteiger partial charge < -0.3 is 5.32 Å². The van der Waals surface area contributed by atoms with Gasteiger partial charge in [-0.2, -0.15) is 0 Å². The lowest BCUT2D eigenvalue weighted by Crippen LogP contribution is -2.10. The van der Waals surface area contributed by atoms with Crippen molar-refractivity contribution in [1.29, 1.82) is 0 Å². The Morgan fingerprint density at radius 2 is 2.00 bits per heavy atom. The summed E-state index contributed by atoms with van der Waals surface area (Å²) in [5.41, 5.74) is 1.35. The quantitative estimate of drug-likeness (QED) is 0.859. The minimum atomic E-state index is -0.241. The van der Waals surface area contributed by atoms with Gasteiger partial charge in [0, 0.05) is 17.3 Å². The predicted octanol–water partition coefficient (Wildman–Crippen LogP) is 3.75. The van der Waals surface area contributed by atoms with Gasteiger partial charge in [0.2, 0.25) is 5.28 Å². The summed E-state index contributed by atoms with van der Waals surface area (Å²) < 4.78 is 13.6. The van der Waals surface area contributed by atoms with Gasteiger partial charge in [0.15, 0.2) is 0 Å². The molecule has 1 aromatic carbocycles. The van der Waals surface area contributed by atoms with Crippen LogP contribution >= 0.6 is 11.6 Å². The Hall–Kier alpha value is -1.68. The molecule has 18 heavy (non-hydrogen) atoms. The van der Waals surface area contributed by atoms with Gasteiger partial charge in [-0.15, -0.1) is 0 Å². The molecular weight excluding hydrogens is 253 g/mol. The molecule has 2 rings (SSSR count). The zero-order valence-corrected chi connectivity index (χ0v) is 10.9. The lowest BCUT2D eigenvalue weighted by atomic mass is 10.1. The number of benzene rings is 1. The molecule has 0 amide bonds. The van der Waals surface area contributed by atoms with E-state index in [2.05, 4.69) is 15.3 Å². The molecule has 1 heterocycles. The highest BCUT2D eigenvalue weighted by molar-refractivity contribution is 6.28. The number of rotatable bonds is 3. The van der Waals surface area contributed by atoms with Crippen LogP contribution in [0.5, 0.6) is 0 Å². The van der Waals surface area contributed by atoms with Gasteiger partial charge in [0.05, 0.1) is 6.04 Å². The van der Waals surface area contributed by atoms with Crippen LogP contribution in [0.4, 0.5) is 10.2 Å². The van der Waals surface area contributed by atoms with Crippen LogP contribution in [0.25, 0.3) is 0 Å². The number of halogens is 2. The Labute approximate surface area is 110 Å². The average molecular weight is 266 g/mol. The maximum atomic E-state index is 13.6. The van der Waals surface area contributed by atoms with Crippen molar-refractivity contribution >= 4 is 17.4 Å². The maximum absolute atomic E-state index is 13.6. The fourth-order valence-electron chi connectivity index (χ4n) is 1.73. The molecule has 1 unspecified atom stereocenters. The standard InChI is InChI=1S/C13H13ClFN3/c1-8-7-12(18-13(14)16-8)17-9(2)10-5-3-4-6-11(10)15/h3-7,9H,1-2H3,(H,16,17,18). The molecular formula is C13H13ClFN3. The maximum Gasteiger partial charge on any atom is 0.224 e. The number of hydrogen-bond acceptors (Lipinski definition) is 3. The molecule has 0 aliphatic carbocycles. The molecule has 0 aliphatic heterocycles. The molecule has 1 atom stereocenters. The Kier molecular flexibility index (Phi) is 3.77. The van der Waals surface area contributed by atoms with Crippen LogP contribution < -0.4 is 5.32 Å². The van der Waals surface area contributed by atoms with Gasteiger partial charge in [0.25, 0.3) is 0 Å². The second-order valence-corrected chi connectivity index (χ2v) is 4.39. The predicted molar refractivity (Wildman–Crippen MR) is 70.2 cm³/mol. The highest BCUT2D eigenvalue weighted by Crippen LogP contribution is 2.21. The summed E-state index contributed by atoms with van der Waals surface area (Å²) in [5.74, 6) is 0.345. The van der Waals surface area contributed by atoms with Gasteiger partial charge in [-0.05, 0) is 31.5 Å². The minimum absolute atomic E-state index is 0.179. The molecule has 3 nitrogen and oxygen atoms in total. The minimum Gasteiger partial charge on any atom is -0.363 e. The van der Waals surface area contributed by atoms with E-state index in [9.17, 15) is 4.39 Å². The smallest absolute Gasteiger partial charge is 0.224 e. The van der Waals surface area contributed by atoms with Crippen LogP contribution in [0.3, 0.4) is 0 Å². The Bertz CT molecular complexity index is 539. The van der Waals surface area contributed by atoms with E-state index in [4.69, 9.17) is 11.6 Å². The lowest BCUT2D eigenvalue weighted by Gasteiger charge is -2.15. The molecule has 0 aliphatic rings. The monoisotopic (exact) mass is 265 g/mol. The first-order chi connectivity index (χ1) is 8.56. The third-order valence-electron chi connectivity index (χ3n) is 2.56. The van der Waals surface area contributed by atoms with Crippen molar-refractivity contribution in [2.75, 3.05) is 5.32 Å². The Morgan fingerprint density at radius 1 is 1.28 bits per heavy atom. The van der Waals surface area contributed by atoms with E-state index in [1.54, 1.807) is 24.3 Å². The lowest BCUT2D eigenvalue weighted by molar-refractivity contribution is 0.600. The Balaban J connectivity index is 2.21.